The fourth-order valence-electron chi connectivity index (χ4n) is 9.79. The molecule has 1 unspecified atom stereocenters. The minimum absolute atomic E-state index is 0.0578. The molecule has 6 aliphatic rings. The first-order valence-electron chi connectivity index (χ1n) is 17.4. The molecule has 0 amide bonds. The normalized spacial score (nSPS) is 32.3. The third-order valence-electron chi connectivity index (χ3n) is 12.3. The number of nitrogens with one attached hydrogen (secondary N) is 2. The van der Waals surface area contributed by atoms with Crippen molar-refractivity contribution in [1.29, 1.82) is 5.26 Å². The van der Waals surface area contributed by atoms with Crippen molar-refractivity contribution in [3.8, 4) is 6.07 Å². The number of nitrogens with zero attached hydrogens (tertiary/aromatic N) is 5. The van der Waals surface area contributed by atoms with E-state index in [1.54, 1.807) is 0 Å². The van der Waals surface area contributed by atoms with E-state index in [9.17, 15) is 9.65 Å². The van der Waals surface area contributed by atoms with Gasteiger partial charge < -0.3 is 34.9 Å². The highest BCUT2D eigenvalue weighted by Gasteiger charge is 2.55. The van der Waals surface area contributed by atoms with Crippen LogP contribution in [0.2, 0.25) is 0 Å². The Bertz CT molecular complexity index is 1860. The molecule has 3 saturated heterocycles. The lowest BCUT2D eigenvalue weighted by Crippen LogP contribution is -2.75. The Kier molecular flexibility index (Phi) is 6.70. The number of likely N-dealkylation sites (tertiary alicyclic amines) is 1. The van der Waals surface area contributed by atoms with Crippen molar-refractivity contribution in [2.75, 3.05) is 39.1 Å². The number of nitrogens with two attached hydrogens (primary N) is 1. The lowest BCUT2D eigenvalue weighted by atomic mass is 9.61. The second-order valence-electron chi connectivity index (χ2n) is 15.1. The summed E-state index contributed by atoms with van der Waals surface area (Å²) in [5.74, 6) is 0.847. The molecule has 11 nitrogen and oxygen atoms in total. The standard InChI is InChI=1S/C36H43FN8O3/c1-20(27-12-22(37)16-44(27)3)47-34(2)32-28(45(19-40-32)29-15-41-36(29)17-46-18-36)13-26(42-34)31-23-7-5-11-35(33(23)48-43-31)10-4-6-21-8-9-25(39)24(14-38)30(21)35/h8-9,13,19-20,22,27,29,41-42H,4-7,10-12,15-18,39H2,1-3H3/t20-,22+,27-,29+,34?,35+/m0/s1. The molecule has 4 aliphatic heterocycles. The first-order valence-corrected chi connectivity index (χ1v) is 17.4. The van der Waals surface area contributed by atoms with E-state index in [-0.39, 0.29) is 23.7 Å². The fourth-order valence-corrected chi connectivity index (χ4v) is 9.79. The Balaban J connectivity index is 1.15. The minimum Gasteiger partial charge on any atom is -0.398 e. The van der Waals surface area contributed by atoms with Gasteiger partial charge in [-0.05, 0) is 89.1 Å². The van der Waals surface area contributed by atoms with Crippen LogP contribution in [-0.2, 0) is 33.5 Å². The number of alkyl halides is 1. The van der Waals surface area contributed by atoms with Gasteiger partial charge in [-0.1, -0.05) is 11.2 Å². The van der Waals surface area contributed by atoms with Gasteiger partial charge >= 0.3 is 0 Å². The van der Waals surface area contributed by atoms with E-state index in [1.807, 2.05) is 33.3 Å². The average Bonchev–Trinajstić information content (AvgIpc) is 3.74. The van der Waals surface area contributed by atoms with Crippen LogP contribution in [0.5, 0.6) is 0 Å². The van der Waals surface area contributed by atoms with Crippen LogP contribution in [0.4, 0.5) is 10.1 Å². The minimum atomic E-state index is -1.02. The SMILES string of the molecule is C[C@H](OC1(C)NC(c2noc3c2CCC[C@@]32CCCc3ccc(N)c(C#N)c32)=Cc2c1ncn2[C@@H]1CNC12COC2)[C@@H]1C[C@@H](F)CN1C. The van der Waals surface area contributed by atoms with Crippen molar-refractivity contribution >= 4 is 17.5 Å². The second kappa shape index (κ2) is 10.6. The van der Waals surface area contributed by atoms with Gasteiger partial charge in [-0.2, -0.15) is 5.26 Å². The van der Waals surface area contributed by atoms with E-state index in [0.717, 1.165) is 84.7 Å². The topological polar surface area (TPSA) is 139 Å². The number of likely N-dealkylation sites (N-methyl/N-ethyl adjacent to an activating group) is 1. The molecule has 6 atom stereocenters. The average molecular weight is 655 g/mol. The van der Waals surface area contributed by atoms with Gasteiger partial charge in [0.05, 0.1) is 59.6 Å². The summed E-state index contributed by atoms with van der Waals surface area (Å²) in [6.07, 6.45) is 8.77. The smallest absolute Gasteiger partial charge is 0.181 e. The number of benzene rings is 1. The van der Waals surface area contributed by atoms with E-state index >= 15 is 0 Å². The van der Waals surface area contributed by atoms with Crippen LogP contribution in [0.3, 0.4) is 0 Å². The van der Waals surface area contributed by atoms with E-state index in [0.29, 0.717) is 37.4 Å². The largest absolute Gasteiger partial charge is 0.398 e. The quantitative estimate of drug-likeness (QED) is 0.347. The molecular formula is C36H43FN8O3. The number of hydrogen-bond acceptors (Lipinski definition) is 10. The predicted octanol–water partition coefficient (Wildman–Crippen LogP) is 3.92. The number of ether oxygens (including phenoxy) is 2. The van der Waals surface area contributed by atoms with Gasteiger partial charge in [0.2, 0.25) is 0 Å². The number of nitriles is 1. The molecular weight excluding hydrogens is 611 g/mol. The molecule has 252 valence electrons. The summed E-state index contributed by atoms with van der Waals surface area (Å²) in [6.45, 7) is 6.60. The zero-order valence-electron chi connectivity index (χ0n) is 27.8. The number of imidazole rings is 1. The third-order valence-corrected chi connectivity index (χ3v) is 12.3. The molecule has 2 aliphatic carbocycles. The van der Waals surface area contributed by atoms with Crippen LogP contribution in [0.25, 0.3) is 11.8 Å². The second-order valence-corrected chi connectivity index (χ2v) is 15.1. The number of aryl methyl sites for hydroxylation is 1. The molecule has 6 heterocycles. The molecule has 1 aromatic carbocycles. The highest BCUT2D eigenvalue weighted by Crippen LogP contribution is 2.53. The molecule has 4 N–H and O–H groups in total. The first kappa shape index (κ1) is 30.3. The van der Waals surface area contributed by atoms with Crippen LogP contribution >= 0.6 is 0 Å². The molecule has 9 rings (SSSR count). The third kappa shape index (κ3) is 4.17. The van der Waals surface area contributed by atoms with Gasteiger partial charge in [-0.3, -0.25) is 4.90 Å². The van der Waals surface area contributed by atoms with Gasteiger partial charge in [-0.25, -0.2) is 9.37 Å². The summed E-state index contributed by atoms with van der Waals surface area (Å²) < 4.78 is 35.7. The maximum absolute atomic E-state index is 14.5. The van der Waals surface area contributed by atoms with E-state index in [4.69, 9.17) is 29.9 Å². The van der Waals surface area contributed by atoms with Gasteiger partial charge in [0.15, 0.2) is 11.5 Å². The summed E-state index contributed by atoms with van der Waals surface area (Å²) in [5, 5.41) is 22.4. The summed E-state index contributed by atoms with van der Waals surface area (Å²) in [4.78, 5) is 7.01. The highest BCUT2D eigenvalue weighted by molar-refractivity contribution is 5.83. The highest BCUT2D eigenvalue weighted by atomic mass is 19.1. The Morgan fingerprint density at radius 1 is 1.23 bits per heavy atom. The first-order chi connectivity index (χ1) is 23.2. The molecule has 0 radical (unpaired) electrons. The van der Waals surface area contributed by atoms with Gasteiger partial charge in [0.25, 0.3) is 0 Å². The molecule has 12 heteroatoms. The zero-order chi connectivity index (χ0) is 33.0. The van der Waals surface area contributed by atoms with Crippen molar-refractivity contribution < 1.29 is 18.4 Å². The lowest BCUT2D eigenvalue weighted by Gasteiger charge is -2.56. The van der Waals surface area contributed by atoms with Crippen LogP contribution in [0.1, 0.15) is 97.1 Å². The number of aromatic nitrogens is 3. The van der Waals surface area contributed by atoms with Crippen LogP contribution in [0, 0.1) is 11.3 Å². The summed E-state index contributed by atoms with van der Waals surface area (Å²) in [5.41, 5.74) is 12.5. The number of fused-ring (bicyclic) bond motifs is 5. The Hall–Kier alpha value is -3.76. The lowest BCUT2D eigenvalue weighted by molar-refractivity contribution is -0.138. The van der Waals surface area contributed by atoms with E-state index < -0.39 is 17.3 Å². The zero-order valence-corrected chi connectivity index (χ0v) is 27.8. The Morgan fingerprint density at radius 3 is 2.73 bits per heavy atom. The van der Waals surface area contributed by atoms with Gasteiger partial charge in [0.1, 0.15) is 23.6 Å². The van der Waals surface area contributed by atoms with Crippen molar-refractivity contribution in [2.24, 2.45) is 0 Å². The maximum atomic E-state index is 14.5. The van der Waals surface area contributed by atoms with Gasteiger partial charge in [0, 0.05) is 30.4 Å². The molecule has 0 saturated carbocycles. The monoisotopic (exact) mass is 654 g/mol. The summed E-state index contributed by atoms with van der Waals surface area (Å²) >= 11 is 0. The van der Waals surface area contributed by atoms with Crippen molar-refractivity contribution in [1.82, 2.24) is 30.2 Å². The van der Waals surface area contributed by atoms with E-state index in [2.05, 4.69) is 38.3 Å². The van der Waals surface area contributed by atoms with Crippen LogP contribution < -0.4 is 16.4 Å². The molecule has 48 heavy (non-hydrogen) atoms. The fraction of sp³-hybridized carbons (Fsp3) is 0.583. The van der Waals surface area contributed by atoms with Crippen LogP contribution in [0.15, 0.2) is 23.0 Å². The Labute approximate surface area is 279 Å². The number of halogens is 1. The molecule has 2 spiro atoms. The molecule has 0 bridgehead atoms. The van der Waals surface area contributed by atoms with E-state index in [1.165, 1.54) is 5.56 Å². The summed E-state index contributed by atoms with van der Waals surface area (Å²) in [7, 11) is 1.96. The molecule has 3 aromatic rings. The van der Waals surface area contributed by atoms with Crippen molar-refractivity contribution in [3.63, 3.8) is 0 Å². The van der Waals surface area contributed by atoms with Gasteiger partial charge in [-0.15, -0.1) is 0 Å². The maximum Gasteiger partial charge on any atom is 0.181 e. The number of hydrogen-bond donors (Lipinski definition) is 3. The van der Waals surface area contributed by atoms with Crippen LogP contribution in [-0.4, -0.2) is 76.8 Å². The van der Waals surface area contributed by atoms with Crippen molar-refractivity contribution in [2.45, 2.75) is 99.8 Å². The summed E-state index contributed by atoms with van der Waals surface area (Å²) in [6, 6.07) is 6.50. The number of anilines is 1. The molecule has 3 fully saturated rings. The predicted molar refractivity (Wildman–Crippen MR) is 176 cm³/mol. The Morgan fingerprint density at radius 2 is 2.04 bits per heavy atom. The number of rotatable bonds is 5. The van der Waals surface area contributed by atoms with Crippen molar-refractivity contribution in [3.05, 3.63) is 63.6 Å². The molecule has 2 aromatic heterocycles. The number of nitrogen functional groups attached to an aromatic ring is 1.